The Bertz CT molecular complexity index is 526. The van der Waals surface area contributed by atoms with E-state index in [1.807, 2.05) is 4.90 Å². The van der Waals surface area contributed by atoms with E-state index in [1.54, 1.807) is 0 Å². The highest BCUT2D eigenvalue weighted by molar-refractivity contribution is 7.91. The van der Waals surface area contributed by atoms with Crippen molar-refractivity contribution in [3.8, 4) is 0 Å². The van der Waals surface area contributed by atoms with Crippen LogP contribution in [0.4, 0.5) is 10.8 Å². The molecule has 8 heteroatoms. The molecular weight excluding hydrogens is 274 g/mol. The van der Waals surface area contributed by atoms with Gasteiger partial charge in [0, 0.05) is 12.8 Å². The lowest BCUT2D eigenvalue weighted by Crippen LogP contribution is -2.45. The Hall–Kier alpha value is -0.860. The van der Waals surface area contributed by atoms with Gasteiger partial charge in [0.05, 0.1) is 19.3 Å². The Labute approximate surface area is 111 Å². The van der Waals surface area contributed by atoms with Gasteiger partial charge in [-0.05, 0) is 18.0 Å². The fourth-order valence-corrected chi connectivity index (χ4v) is 4.37. The SMILES string of the molecule is CCC1COCCN1c1snc(N)c1S(C)(=O)=O. The van der Waals surface area contributed by atoms with Crippen LogP contribution >= 0.6 is 11.5 Å². The molecule has 0 saturated carbocycles. The van der Waals surface area contributed by atoms with Gasteiger partial charge >= 0.3 is 0 Å². The van der Waals surface area contributed by atoms with Crippen molar-refractivity contribution in [2.24, 2.45) is 0 Å². The van der Waals surface area contributed by atoms with Crippen LogP contribution in [0, 0.1) is 0 Å². The molecule has 1 unspecified atom stereocenters. The summed E-state index contributed by atoms with van der Waals surface area (Å²) in [5.74, 6) is 0.0962. The zero-order valence-corrected chi connectivity index (χ0v) is 12.1. The zero-order valence-electron chi connectivity index (χ0n) is 10.4. The number of hydrogen-bond acceptors (Lipinski definition) is 7. The number of hydrogen-bond donors (Lipinski definition) is 1. The molecule has 1 aromatic rings. The van der Waals surface area contributed by atoms with E-state index in [1.165, 1.54) is 0 Å². The first kappa shape index (κ1) is 13.6. The van der Waals surface area contributed by atoms with Gasteiger partial charge in [-0.25, -0.2) is 8.42 Å². The molecular formula is C10H17N3O3S2. The lowest BCUT2D eigenvalue weighted by molar-refractivity contribution is 0.0931. The zero-order chi connectivity index (χ0) is 13.3. The van der Waals surface area contributed by atoms with Gasteiger partial charge in [0.2, 0.25) is 0 Å². The highest BCUT2D eigenvalue weighted by atomic mass is 32.2. The van der Waals surface area contributed by atoms with Crippen LogP contribution in [0.2, 0.25) is 0 Å². The number of anilines is 2. The largest absolute Gasteiger partial charge is 0.382 e. The highest BCUT2D eigenvalue weighted by Gasteiger charge is 2.30. The summed E-state index contributed by atoms with van der Waals surface area (Å²) in [4.78, 5) is 2.21. The van der Waals surface area contributed by atoms with E-state index in [4.69, 9.17) is 10.5 Å². The van der Waals surface area contributed by atoms with Gasteiger partial charge in [-0.15, -0.1) is 0 Å². The summed E-state index contributed by atoms with van der Waals surface area (Å²) >= 11 is 1.14. The maximum absolute atomic E-state index is 11.8. The number of morpholine rings is 1. The Morgan fingerprint density at radius 3 is 2.94 bits per heavy atom. The summed E-state index contributed by atoms with van der Waals surface area (Å²) in [5.41, 5.74) is 5.68. The molecule has 0 radical (unpaired) electrons. The summed E-state index contributed by atoms with van der Waals surface area (Å²) in [5, 5.41) is 0.644. The molecule has 1 aliphatic heterocycles. The maximum Gasteiger partial charge on any atom is 0.182 e. The average Bonchev–Trinajstić information content (AvgIpc) is 2.70. The molecule has 0 aliphatic carbocycles. The molecule has 6 nitrogen and oxygen atoms in total. The number of sulfone groups is 1. The maximum atomic E-state index is 11.8. The van der Waals surface area contributed by atoms with Crippen LogP contribution in [-0.4, -0.2) is 44.8 Å². The highest BCUT2D eigenvalue weighted by Crippen LogP contribution is 2.36. The predicted octanol–water partition coefficient (Wildman–Crippen LogP) is 0.744. The van der Waals surface area contributed by atoms with Crippen LogP contribution in [0.25, 0.3) is 0 Å². The molecule has 2 rings (SSSR count). The third kappa shape index (κ3) is 2.45. The van der Waals surface area contributed by atoms with Crippen molar-refractivity contribution < 1.29 is 13.2 Å². The van der Waals surface area contributed by atoms with Crippen molar-refractivity contribution in [1.82, 2.24) is 4.37 Å². The number of nitrogen functional groups attached to an aromatic ring is 1. The van der Waals surface area contributed by atoms with Crippen molar-refractivity contribution in [3.63, 3.8) is 0 Å². The fourth-order valence-electron chi connectivity index (χ4n) is 2.08. The van der Waals surface area contributed by atoms with Crippen LogP contribution < -0.4 is 10.6 Å². The van der Waals surface area contributed by atoms with Gasteiger partial charge < -0.3 is 15.4 Å². The Morgan fingerprint density at radius 1 is 1.61 bits per heavy atom. The first-order valence-corrected chi connectivity index (χ1v) is 8.41. The van der Waals surface area contributed by atoms with Crippen molar-refractivity contribution in [1.29, 1.82) is 0 Å². The minimum Gasteiger partial charge on any atom is -0.382 e. The number of rotatable bonds is 3. The number of nitrogens with two attached hydrogens (primary N) is 1. The van der Waals surface area contributed by atoms with Gasteiger partial charge in [-0.2, -0.15) is 4.37 Å². The molecule has 0 aromatic carbocycles. The van der Waals surface area contributed by atoms with Crippen LogP contribution in [0.3, 0.4) is 0 Å². The van der Waals surface area contributed by atoms with Gasteiger partial charge in [-0.3, -0.25) is 0 Å². The second-order valence-electron chi connectivity index (χ2n) is 4.30. The molecule has 1 atom stereocenters. The van der Waals surface area contributed by atoms with Crippen LogP contribution in [0.15, 0.2) is 4.90 Å². The van der Waals surface area contributed by atoms with Gasteiger partial charge in [0.15, 0.2) is 15.7 Å². The lowest BCUT2D eigenvalue weighted by Gasteiger charge is -2.35. The molecule has 0 amide bonds. The van der Waals surface area contributed by atoms with E-state index >= 15 is 0 Å². The standard InChI is InChI=1S/C10H17N3O3S2/c1-3-7-6-16-5-4-13(7)10-8(18(2,14)15)9(11)12-17-10/h7H,3-6H2,1-2H3,(H2,11,12). The van der Waals surface area contributed by atoms with Crippen LogP contribution in [0.1, 0.15) is 13.3 Å². The Kier molecular flexibility index (Phi) is 3.79. The molecule has 1 aliphatic rings. The summed E-state index contributed by atoms with van der Waals surface area (Å²) in [7, 11) is -3.36. The van der Waals surface area contributed by atoms with E-state index in [0.717, 1.165) is 24.2 Å². The molecule has 102 valence electrons. The third-order valence-corrected chi connectivity index (χ3v) is 5.16. The number of nitrogens with zero attached hydrogens (tertiary/aromatic N) is 2. The van der Waals surface area contributed by atoms with Crippen molar-refractivity contribution in [2.75, 3.05) is 36.6 Å². The Balaban J connectivity index is 2.44. The van der Waals surface area contributed by atoms with Gasteiger partial charge in [0.25, 0.3) is 0 Å². The van der Waals surface area contributed by atoms with Crippen LogP contribution in [-0.2, 0) is 14.6 Å². The van der Waals surface area contributed by atoms with E-state index in [-0.39, 0.29) is 16.8 Å². The first-order chi connectivity index (χ1) is 8.45. The smallest absolute Gasteiger partial charge is 0.182 e. The quantitative estimate of drug-likeness (QED) is 0.884. The minimum atomic E-state index is -3.36. The Morgan fingerprint density at radius 2 is 2.33 bits per heavy atom. The molecule has 0 bridgehead atoms. The van der Waals surface area contributed by atoms with Crippen molar-refractivity contribution in [2.45, 2.75) is 24.3 Å². The molecule has 1 saturated heterocycles. The van der Waals surface area contributed by atoms with Gasteiger partial charge in [-0.1, -0.05) is 6.92 Å². The molecule has 1 aromatic heterocycles. The molecule has 0 spiro atoms. The average molecular weight is 291 g/mol. The third-order valence-electron chi connectivity index (χ3n) is 2.99. The molecule has 1 fully saturated rings. The molecule has 2 N–H and O–H groups in total. The first-order valence-electron chi connectivity index (χ1n) is 5.74. The van der Waals surface area contributed by atoms with E-state index in [9.17, 15) is 8.42 Å². The monoisotopic (exact) mass is 291 g/mol. The predicted molar refractivity (Wildman–Crippen MR) is 71.9 cm³/mol. The number of ether oxygens (including phenoxy) is 1. The van der Waals surface area contributed by atoms with Crippen molar-refractivity contribution >= 4 is 32.2 Å². The van der Waals surface area contributed by atoms with Gasteiger partial charge in [0.1, 0.15) is 9.90 Å². The summed E-state index contributed by atoms with van der Waals surface area (Å²) in [6.07, 6.45) is 2.05. The molecule has 18 heavy (non-hydrogen) atoms. The number of aromatic nitrogens is 1. The minimum absolute atomic E-state index is 0.0962. The van der Waals surface area contributed by atoms with E-state index in [0.29, 0.717) is 24.8 Å². The summed E-state index contributed by atoms with van der Waals surface area (Å²) in [6, 6.07) is 0.180. The normalized spacial score (nSPS) is 21.2. The van der Waals surface area contributed by atoms with Crippen molar-refractivity contribution in [3.05, 3.63) is 0 Å². The van der Waals surface area contributed by atoms with Crippen LogP contribution in [0.5, 0.6) is 0 Å². The summed E-state index contributed by atoms with van der Waals surface area (Å²) in [6.45, 7) is 3.93. The second kappa shape index (κ2) is 5.02. The van der Waals surface area contributed by atoms with E-state index < -0.39 is 9.84 Å². The lowest BCUT2D eigenvalue weighted by atomic mass is 10.2. The van der Waals surface area contributed by atoms with E-state index in [2.05, 4.69) is 11.3 Å². The fraction of sp³-hybridized carbons (Fsp3) is 0.700. The second-order valence-corrected chi connectivity index (χ2v) is 7.01. The topological polar surface area (TPSA) is 85.5 Å². The summed E-state index contributed by atoms with van der Waals surface area (Å²) < 4.78 is 33.0. The molecule has 2 heterocycles.